The van der Waals surface area contributed by atoms with Gasteiger partial charge in [-0.2, -0.15) is 0 Å². The number of hydrogen-bond donors (Lipinski definition) is 0. The highest BCUT2D eigenvalue weighted by molar-refractivity contribution is 5.78. The predicted molar refractivity (Wildman–Crippen MR) is 40.6 cm³/mol. The predicted octanol–water partition coefficient (Wildman–Crippen LogP) is 1.26. The van der Waals surface area contributed by atoms with Crippen LogP contribution >= 0.6 is 0 Å². The van der Waals surface area contributed by atoms with Gasteiger partial charge in [-0.25, -0.2) is 0 Å². The van der Waals surface area contributed by atoms with Crippen molar-refractivity contribution in [1.82, 2.24) is 4.90 Å². The third-order valence-corrected chi connectivity index (χ3v) is 1.98. The van der Waals surface area contributed by atoms with Gasteiger partial charge in [-0.15, -0.1) is 0 Å². The minimum absolute atomic E-state index is 0.322. The number of amides is 1. The summed E-state index contributed by atoms with van der Waals surface area (Å²) in [4.78, 5) is 13.1. The Morgan fingerprint density at radius 3 is 2.40 bits per heavy atom. The average Bonchev–Trinajstić information content (AvgIpc) is 2.10. The first kappa shape index (κ1) is 7.58. The largest absolute Gasteiger partial charge is 0.340 e. The molecule has 0 bridgehead atoms. The SMILES string of the molecule is CC(C)N1C[C@@H](C)CC1=O. The van der Waals surface area contributed by atoms with Crippen LogP contribution in [0.2, 0.25) is 0 Å². The van der Waals surface area contributed by atoms with Gasteiger partial charge in [-0.05, 0) is 19.8 Å². The van der Waals surface area contributed by atoms with Crippen molar-refractivity contribution in [3.63, 3.8) is 0 Å². The van der Waals surface area contributed by atoms with E-state index in [1.165, 1.54) is 0 Å². The summed E-state index contributed by atoms with van der Waals surface area (Å²) in [5, 5.41) is 0. The second-order valence-electron chi connectivity index (χ2n) is 3.45. The Hall–Kier alpha value is -0.530. The van der Waals surface area contributed by atoms with E-state index in [9.17, 15) is 4.79 Å². The van der Waals surface area contributed by atoms with Gasteiger partial charge in [0.1, 0.15) is 0 Å². The van der Waals surface area contributed by atoms with Gasteiger partial charge in [-0.1, -0.05) is 6.92 Å². The van der Waals surface area contributed by atoms with Gasteiger partial charge in [-0.3, -0.25) is 4.79 Å². The summed E-state index contributed by atoms with van der Waals surface area (Å²) in [5.41, 5.74) is 0. The van der Waals surface area contributed by atoms with Crippen LogP contribution in [0.25, 0.3) is 0 Å². The molecule has 0 aromatic carbocycles. The number of carbonyl (C=O) groups excluding carboxylic acids is 1. The van der Waals surface area contributed by atoms with Crippen LogP contribution < -0.4 is 0 Å². The van der Waals surface area contributed by atoms with E-state index in [-0.39, 0.29) is 0 Å². The van der Waals surface area contributed by atoms with Crippen molar-refractivity contribution in [3.8, 4) is 0 Å². The Labute approximate surface area is 62.2 Å². The maximum Gasteiger partial charge on any atom is 0.223 e. The van der Waals surface area contributed by atoms with Crippen molar-refractivity contribution in [2.24, 2.45) is 5.92 Å². The molecule has 0 N–H and O–H groups in total. The van der Waals surface area contributed by atoms with Crippen LogP contribution in [0.4, 0.5) is 0 Å². The molecule has 1 amide bonds. The maximum atomic E-state index is 11.2. The third kappa shape index (κ3) is 1.31. The van der Waals surface area contributed by atoms with E-state index < -0.39 is 0 Å². The minimum Gasteiger partial charge on any atom is -0.340 e. The molecule has 2 heteroatoms. The number of nitrogens with zero attached hydrogens (tertiary/aromatic N) is 1. The average molecular weight is 141 g/mol. The fourth-order valence-corrected chi connectivity index (χ4v) is 1.42. The summed E-state index contributed by atoms with van der Waals surface area (Å²) >= 11 is 0. The monoisotopic (exact) mass is 141 g/mol. The summed E-state index contributed by atoms with van der Waals surface area (Å²) < 4.78 is 0. The highest BCUT2D eigenvalue weighted by atomic mass is 16.2. The van der Waals surface area contributed by atoms with Crippen LogP contribution in [0.1, 0.15) is 27.2 Å². The summed E-state index contributed by atoms with van der Waals surface area (Å²) in [5.74, 6) is 0.886. The Morgan fingerprint density at radius 1 is 1.60 bits per heavy atom. The number of hydrogen-bond acceptors (Lipinski definition) is 1. The first-order chi connectivity index (χ1) is 4.61. The lowest BCUT2D eigenvalue weighted by Gasteiger charge is -2.20. The molecule has 2 nitrogen and oxygen atoms in total. The summed E-state index contributed by atoms with van der Waals surface area (Å²) in [6, 6.07) is 0.387. The van der Waals surface area contributed by atoms with Crippen LogP contribution in [0.3, 0.4) is 0 Å². The molecule has 1 aliphatic rings. The van der Waals surface area contributed by atoms with Crippen molar-refractivity contribution >= 4 is 5.91 Å². The molecule has 1 aliphatic heterocycles. The molecular weight excluding hydrogens is 126 g/mol. The molecule has 0 spiro atoms. The highest BCUT2D eigenvalue weighted by Crippen LogP contribution is 2.18. The standard InChI is InChI=1S/C8H15NO/c1-6(2)9-5-7(3)4-8(9)10/h6-7H,4-5H2,1-3H3/t7-/m0/s1. The lowest BCUT2D eigenvalue weighted by molar-refractivity contribution is -0.129. The molecule has 1 fully saturated rings. The van der Waals surface area contributed by atoms with Crippen LogP contribution in [0.15, 0.2) is 0 Å². The Balaban J connectivity index is 2.55. The molecule has 0 aliphatic carbocycles. The third-order valence-electron chi connectivity index (χ3n) is 1.98. The highest BCUT2D eigenvalue weighted by Gasteiger charge is 2.27. The van der Waals surface area contributed by atoms with E-state index in [4.69, 9.17) is 0 Å². The molecule has 1 rings (SSSR count). The van der Waals surface area contributed by atoms with Gasteiger partial charge in [0.25, 0.3) is 0 Å². The zero-order valence-electron chi connectivity index (χ0n) is 6.92. The van der Waals surface area contributed by atoms with Gasteiger partial charge < -0.3 is 4.90 Å². The van der Waals surface area contributed by atoms with Gasteiger partial charge >= 0.3 is 0 Å². The van der Waals surface area contributed by atoms with E-state index >= 15 is 0 Å². The fourth-order valence-electron chi connectivity index (χ4n) is 1.42. The molecule has 0 saturated carbocycles. The lowest BCUT2D eigenvalue weighted by Crippen LogP contribution is -2.31. The molecule has 1 heterocycles. The first-order valence-corrected chi connectivity index (χ1v) is 3.90. The van der Waals surface area contributed by atoms with Crippen molar-refractivity contribution in [2.45, 2.75) is 33.2 Å². The molecule has 1 saturated heterocycles. The smallest absolute Gasteiger partial charge is 0.223 e. The summed E-state index contributed by atoms with van der Waals surface area (Å²) in [7, 11) is 0. The molecular formula is C8H15NO. The number of carbonyl (C=O) groups is 1. The van der Waals surface area contributed by atoms with Crippen LogP contribution in [0.5, 0.6) is 0 Å². The van der Waals surface area contributed by atoms with Gasteiger partial charge in [0.15, 0.2) is 0 Å². The second-order valence-corrected chi connectivity index (χ2v) is 3.45. The quantitative estimate of drug-likeness (QED) is 0.538. The Kier molecular flexibility index (Phi) is 1.97. The topological polar surface area (TPSA) is 20.3 Å². The van der Waals surface area contributed by atoms with E-state index in [1.807, 2.05) is 4.90 Å². The number of likely N-dealkylation sites (tertiary alicyclic amines) is 1. The van der Waals surface area contributed by atoms with Gasteiger partial charge in [0.2, 0.25) is 5.91 Å². The van der Waals surface area contributed by atoms with Crippen LogP contribution in [-0.4, -0.2) is 23.4 Å². The van der Waals surface area contributed by atoms with Crippen LogP contribution in [0, 0.1) is 5.92 Å². The summed E-state index contributed by atoms with van der Waals surface area (Å²) in [6.45, 7) is 7.21. The minimum atomic E-state index is 0.322. The Morgan fingerprint density at radius 2 is 2.20 bits per heavy atom. The molecule has 0 radical (unpaired) electrons. The molecule has 0 aromatic heterocycles. The van der Waals surface area contributed by atoms with E-state index in [0.717, 1.165) is 13.0 Å². The van der Waals surface area contributed by atoms with E-state index in [1.54, 1.807) is 0 Å². The van der Waals surface area contributed by atoms with Crippen molar-refractivity contribution in [2.75, 3.05) is 6.54 Å². The molecule has 58 valence electrons. The number of rotatable bonds is 1. The maximum absolute atomic E-state index is 11.2. The lowest BCUT2D eigenvalue weighted by atomic mass is 10.2. The molecule has 10 heavy (non-hydrogen) atoms. The second kappa shape index (κ2) is 2.60. The van der Waals surface area contributed by atoms with Crippen molar-refractivity contribution < 1.29 is 4.79 Å². The van der Waals surface area contributed by atoms with Crippen molar-refractivity contribution in [3.05, 3.63) is 0 Å². The van der Waals surface area contributed by atoms with Crippen LogP contribution in [-0.2, 0) is 4.79 Å². The molecule has 0 unspecified atom stereocenters. The van der Waals surface area contributed by atoms with E-state index in [2.05, 4.69) is 20.8 Å². The normalized spacial score (nSPS) is 26.6. The van der Waals surface area contributed by atoms with E-state index in [0.29, 0.717) is 17.9 Å². The van der Waals surface area contributed by atoms with Gasteiger partial charge in [0.05, 0.1) is 0 Å². The molecule has 0 aromatic rings. The zero-order valence-corrected chi connectivity index (χ0v) is 6.92. The molecule has 1 atom stereocenters. The Bertz CT molecular complexity index is 142. The fraction of sp³-hybridized carbons (Fsp3) is 0.875. The summed E-state index contributed by atoms with van der Waals surface area (Å²) in [6.07, 6.45) is 0.748. The first-order valence-electron chi connectivity index (χ1n) is 3.90. The van der Waals surface area contributed by atoms with Crippen molar-refractivity contribution in [1.29, 1.82) is 0 Å². The zero-order chi connectivity index (χ0) is 7.72. The van der Waals surface area contributed by atoms with Gasteiger partial charge in [0, 0.05) is 19.0 Å².